The normalized spacial score (nSPS) is 12.4. The van der Waals surface area contributed by atoms with Gasteiger partial charge in [0.25, 0.3) is 0 Å². The van der Waals surface area contributed by atoms with Crippen molar-refractivity contribution in [3.8, 4) is 0 Å². The molecule has 4 nitrogen and oxygen atoms in total. The molecular weight excluding hydrogens is 315 g/mol. The van der Waals surface area contributed by atoms with Gasteiger partial charge in [-0.15, -0.1) is 0 Å². The van der Waals surface area contributed by atoms with E-state index in [1.165, 1.54) is 0 Å². The van der Waals surface area contributed by atoms with Crippen molar-refractivity contribution in [3.63, 3.8) is 0 Å². The highest BCUT2D eigenvalue weighted by Gasteiger charge is 2.18. The SMILES string of the molecule is COCCCOCCOC(C)C(=O)c1ccc(Cl)cc1Cl. The van der Waals surface area contributed by atoms with Crippen LogP contribution in [0, 0.1) is 0 Å². The predicted octanol–water partition coefficient (Wildman–Crippen LogP) is 3.63. The molecule has 0 N–H and O–H groups in total. The molecule has 0 aliphatic heterocycles. The number of hydrogen-bond acceptors (Lipinski definition) is 4. The zero-order chi connectivity index (χ0) is 15.7. The summed E-state index contributed by atoms with van der Waals surface area (Å²) in [4.78, 5) is 12.2. The molecule has 0 spiro atoms. The van der Waals surface area contributed by atoms with Crippen molar-refractivity contribution in [2.75, 3.05) is 33.5 Å². The lowest BCUT2D eigenvalue weighted by molar-refractivity contribution is 0.0116. The van der Waals surface area contributed by atoms with Gasteiger partial charge in [0.05, 0.1) is 18.2 Å². The van der Waals surface area contributed by atoms with Gasteiger partial charge >= 0.3 is 0 Å². The van der Waals surface area contributed by atoms with Gasteiger partial charge in [-0.05, 0) is 31.5 Å². The summed E-state index contributed by atoms with van der Waals surface area (Å²) in [5.41, 5.74) is 0.412. The summed E-state index contributed by atoms with van der Waals surface area (Å²) in [6.07, 6.45) is 0.261. The maximum atomic E-state index is 12.2. The average Bonchev–Trinajstić information content (AvgIpc) is 2.45. The maximum Gasteiger partial charge on any atom is 0.192 e. The summed E-state index contributed by atoms with van der Waals surface area (Å²) in [6.45, 7) is 3.77. The first-order chi connectivity index (χ1) is 10.1. The lowest BCUT2D eigenvalue weighted by Crippen LogP contribution is -2.23. The van der Waals surface area contributed by atoms with E-state index in [2.05, 4.69) is 0 Å². The lowest BCUT2D eigenvalue weighted by atomic mass is 10.1. The van der Waals surface area contributed by atoms with E-state index in [0.717, 1.165) is 6.42 Å². The van der Waals surface area contributed by atoms with Crippen molar-refractivity contribution >= 4 is 29.0 Å². The fourth-order valence-electron chi connectivity index (χ4n) is 1.68. The molecule has 1 aromatic rings. The summed E-state index contributed by atoms with van der Waals surface area (Å²) in [5, 5.41) is 0.827. The van der Waals surface area contributed by atoms with E-state index < -0.39 is 6.10 Å². The zero-order valence-corrected chi connectivity index (χ0v) is 13.7. The molecule has 118 valence electrons. The van der Waals surface area contributed by atoms with Crippen LogP contribution in [0.25, 0.3) is 0 Å². The highest BCUT2D eigenvalue weighted by molar-refractivity contribution is 6.37. The van der Waals surface area contributed by atoms with Crippen molar-refractivity contribution in [2.45, 2.75) is 19.4 Å². The Morgan fingerprint density at radius 1 is 1.19 bits per heavy atom. The lowest BCUT2D eigenvalue weighted by Gasteiger charge is -2.13. The molecule has 1 aromatic carbocycles. The Kier molecular flexibility index (Phi) is 8.88. The minimum absolute atomic E-state index is 0.170. The van der Waals surface area contributed by atoms with Gasteiger partial charge in [-0.25, -0.2) is 0 Å². The van der Waals surface area contributed by atoms with Gasteiger partial charge in [0.2, 0.25) is 0 Å². The molecule has 0 aliphatic rings. The predicted molar refractivity (Wildman–Crippen MR) is 83.5 cm³/mol. The zero-order valence-electron chi connectivity index (χ0n) is 12.2. The number of ketones is 1. The molecule has 1 unspecified atom stereocenters. The maximum absolute atomic E-state index is 12.2. The van der Waals surface area contributed by atoms with E-state index in [4.69, 9.17) is 37.4 Å². The number of methoxy groups -OCH3 is 1. The monoisotopic (exact) mass is 334 g/mol. The molecule has 0 saturated heterocycles. The number of benzene rings is 1. The van der Waals surface area contributed by atoms with E-state index in [0.29, 0.717) is 42.0 Å². The Bertz CT molecular complexity index is 451. The number of hydrogen-bond donors (Lipinski definition) is 0. The van der Waals surface area contributed by atoms with Crippen LogP contribution in [0.4, 0.5) is 0 Å². The molecule has 1 atom stereocenters. The van der Waals surface area contributed by atoms with Crippen LogP contribution in [0.3, 0.4) is 0 Å². The minimum atomic E-state index is -0.578. The highest BCUT2D eigenvalue weighted by atomic mass is 35.5. The summed E-state index contributed by atoms with van der Waals surface area (Å²) in [7, 11) is 1.65. The van der Waals surface area contributed by atoms with Crippen molar-refractivity contribution in [3.05, 3.63) is 33.8 Å². The van der Waals surface area contributed by atoms with Gasteiger partial charge in [0.1, 0.15) is 6.10 Å². The Labute approximate surface area is 135 Å². The van der Waals surface area contributed by atoms with Gasteiger partial charge in [0, 0.05) is 30.9 Å². The third-order valence-electron chi connectivity index (χ3n) is 2.80. The van der Waals surface area contributed by atoms with Crippen molar-refractivity contribution < 1.29 is 19.0 Å². The summed E-state index contributed by atoms with van der Waals surface area (Å²) in [5.74, 6) is -0.170. The van der Waals surface area contributed by atoms with Crippen LogP contribution in [-0.4, -0.2) is 45.4 Å². The molecule has 0 aromatic heterocycles. The van der Waals surface area contributed by atoms with Crippen LogP contribution < -0.4 is 0 Å². The Hall–Kier alpha value is -0.650. The fourth-order valence-corrected chi connectivity index (χ4v) is 2.18. The largest absolute Gasteiger partial charge is 0.385 e. The van der Waals surface area contributed by atoms with E-state index in [9.17, 15) is 4.79 Å². The molecule has 21 heavy (non-hydrogen) atoms. The molecule has 0 radical (unpaired) electrons. The molecule has 0 amide bonds. The second kappa shape index (κ2) is 10.1. The van der Waals surface area contributed by atoms with Gasteiger partial charge in [-0.1, -0.05) is 23.2 Å². The first kappa shape index (κ1) is 18.4. The minimum Gasteiger partial charge on any atom is -0.385 e. The van der Waals surface area contributed by atoms with Crippen LogP contribution >= 0.6 is 23.2 Å². The highest BCUT2D eigenvalue weighted by Crippen LogP contribution is 2.22. The van der Waals surface area contributed by atoms with Gasteiger partial charge in [-0.3, -0.25) is 4.79 Å². The van der Waals surface area contributed by atoms with E-state index in [-0.39, 0.29) is 5.78 Å². The Morgan fingerprint density at radius 3 is 2.62 bits per heavy atom. The van der Waals surface area contributed by atoms with Gasteiger partial charge in [-0.2, -0.15) is 0 Å². The van der Waals surface area contributed by atoms with E-state index >= 15 is 0 Å². The second-order valence-electron chi connectivity index (χ2n) is 4.46. The smallest absolute Gasteiger partial charge is 0.192 e. The first-order valence-electron chi connectivity index (χ1n) is 6.73. The standard InChI is InChI=1S/C15H20Cl2O4/c1-11(21-9-8-20-7-3-6-19-2)15(18)13-5-4-12(16)10-14(13)17/h4-5,10-11H,3,6-9H2,1-2H3. The molecule has 0 fully saturated rings. The number of halogens is 2. The second-order valence-corrected chi connectivity index (χ2v) is 5.30. The summed E-state index contributed by atoms with van der Waals surface area (Å²) in [6, 6.07) is 4.78. The summed E-state index contributed by atoms with van der Waals surface area (Å²) >= 11 is 11.8. The Morgan fingerprint density at radius 2 is 1.95 bits per heavy atom. The Balaban J connectivity index is 2.31. The van der Waals surface area contributed by atoms with Crippen LogP contribution in [0.5, 0.6) is 0 Å². The number of ether oxygens (including phenoxy) is 3. The number of Topliss-reactive ketones (excluding diaryl/α,β-unsaturated/α-hetero) is 1. The van der Waals surface area contributed by atoms with Crippen LogP contribution in [0.15, 0.2) is 18.2 Å². The molecule has 1 rings (SSSR count). The van der Waals surface area contributed by atoms with E-state index in [1.54, 1.807) is 32.2 Å². The van der Waals surface area contributed by atoms with Crippen LogP contribution in [0.2, 0.25) is 10.0 Å². The molecule has 0 aliphatic carbocycles. The molecule has 0 bridgehead atoms. The average molecular weight is 335 g/mol. The third kappa shape index (κ3) is 6.76. The van der Waals surface area contributed by atoms with Crippen LogP contribution in [0.1, 0.15) is 23.7 Å². The van der Waals surface area contributed by atoms with Crippen molar-refractivity contribution in [2.24, 2.45) is 0 Å². The fraction of sp³-hybridized carbons (Fsp3) is 0.533. The third-order valence-corrected chi connectivity index (χ3v) is 3.35. The van der Waals surface area contributed by atoms with Crippen LogP contribution in [-0.2, 0) is 14.2 Å². The first-order valence-corrected chi connectivity index (χ1v) is 7.49. The van der Waals surface area contributed by atoms with Crippen molar-refractivity contribution in [1.82, 2.24) is 0 Å². The quantitative estimate of drug-likeness (QED) is 0.484. The number of carbonyl (C=O) groups is 1. The topological polar surface area (TPSA) is 44.8 Å². The van der Waals surface area contributed by atoms with Crippen molar-refractivity contribution in [1.29, 1.82) is 0 Å². The molecule has 0 saturated carbocycles. The van der Waals surface area contributed by atoms with Gasteiger partial charge in [0.15, 0.2) is 5.78 Å². The van der Waals surface area contributed by atoms with E-state index in [1.807, 2.05) is 0 Å². The van der Waals surface area contributed by atoms with Gasteiger partial charge < -0.3 is 14.2 Å². The molecule has 0 heterocycles. The molecular formula is C15H20Cl2O4. The number of carbonyl (C=O) groups excluding carboxylic acids is 1. The number of rotatable bonds is 10. The summed E-state index contributed by atoms with van der Waals surface area (Å²) < 4.78 is 15.7. The molecule has 6 heteroatoms.